The lowest BCUT2D eigenvalue weighted by molar-refractivity contribution is -0.147. The fourth-order valence-corrected chi connectivity index (χ4v) is 21.4. The molecule has 0 aliphatic heterocycles. The zero-order chi connectivity index (χ0) is 111. The fraction of sp³-hybridized carbons (Fsp3) is 0.632. The van der Waals surface area contributed by atoms with Crippen LogP contribution in [0, 0.1) is 53.3 Å². The summed E-state index contributed by atoms with van der Waals surface area (Å²) in [6, 6.07) is 9.08. The first kappa shape index (κ1) is 145. The third-order valence-corrected chi connectivity index (χ3v) is 28.3. The summed E-state index contributed by atoms with van der Waals surface area (Å²) >= 11 is 0. The van der Waals surface area contributed by atoms with E-state index >= 15 is 0 Å². The quantitative estimate of drug-likeness (QED) is 0.0415. The molecule has 12 unspecified atom stereocenters. The lowest BCUT2D eigenvalue weighted by Crippen LogP contribution is -2.24. The van der Waals surface area contributed by atoms with Gasteiger partial charge in [-0.2, -0.15) is 0 Å². The first-order valence-corrected chi connectivity index (χ1v) is 55.9. The lowest BCUT2D eigenvalue weighted by Gasteiger charge is -2.20. The van der Waals surface area contributed by atoms with Gasteiger partial charge in [-0.15, -0.1) is 0 Å². The monoisotopic (exact) mass is 2200 g/mol. The molecule has 1 rings (SSSR count). The van der Waals surface area contributed by atoms with Crippen molar-refractivity contribution in [2.45, 2.75) is 142 Å². The predicted molar refractivity (Wildman–Crippen MR) is 465 cm³/mol. The number of carbonyl (C=O) groups is 19. The van der Waals surface area contributed by atoms with Crippen molar-refractivity contribution < 1.29 is 303 Å². The Kier molecular flexibility index (Phi) is 75.9. The normalized spacial score (nSPS) is 14.7. The number of hydrogen-bond acceptors (Lipinski definition) is 28. The van der Waals surface area contributed by atoms with E-state index in [4.69, 9.17) is 150 Å². The van der Waals surface area contributed by atoms with E-state index in [1.807, 2.05) is 30.3 Å². The molecular weight excluding hydrogens is 2090 g/mol. The van der Waals surface area contributed by atoms with Crippen LogP contribution < -0.4 is 0 Å². The Hall–Kier alpha value is -9.38. The Bertz CT molecular complexity index is 4540. The molecule has 34 N–H and O–H groups in total. The molecule has 0 spiro atoms. The van der Waals surface area contributed by atoms with Crippen LogP contribution in [0.15, 0.2) is 30.3 Å². The second kappa shape index (κ2) is 72.8. The molecule has 806 valence electrons. The molecule has 0 radical (unpaired) electrons. The van der Waals surface area contributed by atoms with Crippen molar-refractivity contribution in [1.82, 2.24) is 0 Å². The van der Waals surface area contributed by atoms with Crippen molar-refractivity contribution in [1.29, 1.82) is 0 Å². The molecule has 0 saturated carbocycles. The van der Waals surface area contributed by atoms with Gasteiger partial charge in [0.15, 0.2) is 0 Å². The highest BCUT2D eigenvalue weighted by molar-refractivity contribution is 7.59. The summed E-state index contributed by atoms with van der Waals surface area (Å²) in [6.07, 6.45) is -12.3. The highest BCUT2D eigenvalue weighted by Crippen LogP contribution is 2.49. The standard InChI is InChI=1S/C17H23O8P.C12H19O10P.C9H15O8P.C9H17O6P.C7H13O7P.C6H11O7P.C5H9O7P.C3H7O5P.H3O4P/c18-15(19)9-8-14(17(22)23)11-26(24,25)10-13(16(20)21)7-6-12-4-2-1-3-5-12;13-9(14)3-1-7(11(17)18)5-23(21,22)6-8(12(19)20)2-4-10(15)16;10-7(11)2-1-6(9(14)15)5-18(16,17)4-3-8(12)13;1-2-5-16(14,15)6-7(9(12)13)3-4-8(10)11;8-6(9)3-1-2-5(7(10)11)4-15(12,13)14;7-5(8)2-1-4(6(9)10)3-14(11,12)13;6-4(7)1-3(5(8)9)2-13(10,11)12;4-3(5)1-2-9(6,7)8;1-5(2,3)4/h1-5,13-14H,6-11H2,(H,18,19)(H,20,21)(H,22,23)(H,24,25);7-8H,1-6H2,(H,13,14)(H,15,16)(H,17,18)(H,19,20)(H,21,22);6H,1-5H2,(H,10,11)(H,12,13)(H,14,15)(H,16,17);7H,2-6H2,1H3,(H,10,11)(H,12,13)(H,14,15);5H,1-4H2,(H,8,9)(H,10,11)(H2,12,13,14);4H,1-3H2,(H,7,8)(H,9,10)(H2,11,12,13);3H,1-2H2,(H,6,7)(H,8,9)(H2,10,11,12);1-2H2,(H,4,5)(H2,6,7,8);(H3,1,2,3,4). The first-order valence-electron chi connectivity index (χ1n) is 39.0. The summed E-state index contributed by atoms with van der Waals surface area (Å²) in [5, 5.41) is 163. The molecule has 1 aromatic rings. The molecule has 0 bridgehead atoms. The Morgan fingerprint density at radius 2 is 0.424 bits per heavy atom. The van der Waals surface area contributed by atoms with E-state index in [0.717, 1.165) is 5.56 Å². The van der Waals surface area contributed by atoms with Gasteiger partial charge in [-0.1, -0.05) is 37.3 Å². The van der Waals surface area contributed by atoms with Gasteiger partial charge in [-0.05, 0) is 76.2 Å². The number of phosphoric acid groups is 1. The topological polar surface area (TPSA) is 1170 Å². The molecule has 0 aliphatic rings. The number of aryl methyl sites for hydroxylation is 1. The van der Waals surface area contributed by atoms with E-state index in [9.17, 15) is 152 Å². The second-order valence-electron chi connectivity index (χ2n) is 29.5. The number of benzene rings is 1. The molecule has 0 amide bonds. The minimum absolute atomic E-state index is 0.0489. The number of carboxylic acid groups (broad SMARTS) is 19. The van der Waals surface area contributed by atoms with Crippen LogP contribution in [0.4, 0.5) is 0 Å². The van der Waals surface area contributed by atoms with Gasteiger partial charge in [0.25, 0.3) is 0 Å². The fourth-order valence-electron chi connectivity index (χ4n) is 10.2. The summed E-state index contributed by atoms with van der Waals surface area (Å²) in [5.74, 6) is -35.9. The Morgan fingerprint density at radius 3 is 0.626 bits per heavy atom. The van der Waals surface area contributed by atoms with Gasteiger partial charge in [0, 0.05) is 94.2 Å². The molecule has 62 nitrogen and oxygen atoms in total. The van der Waals surface area contributed by atoms with Crippen LogP contribution in [-0.4, -0.2) is 358 Å². The molecular formula is C68H117O62P9. The molecule has 0 fully saturated rings. The third-order valence-electron chi connectivity index (χ3n) is 16.6. The Labute approximate surface area is 785 Å². The number of carboxylic acids is 19. The summed E-state index contributed by atoms with van der Waals surface area (Å²) in [6.45, 7) is 1.73. The number of hydrogen-bond donors (Lipinski definition) is 34. The molecule has 12 atom stereocenters. The molecule has 0 heterocycles. The highest BCUT2D eigenvalue weighted by atomic mass is 31.2. The van der Waals surface area contributed by atoms with Gasteiger partial charge >= 0.3 is 152 Å². The SMILES string of the molecule is CCCP(=O)(O)CC(CCC(=O)O)C(=O)O.O=C(O)CC(CP(=O)(O)O)C(=O)O.O=C(O)CCC(CP(=O)(O)CC(CCC(=O)O)C(=O)O)C(=O)O.O=C(O)CCC(CP(=O)(O)CC(CCc1ccccc1)C(=O)O)C(=O)O.O=C(O)CCC(CP(=O)(O)CCC(=O)O)C(=O)O.O=C(O)CCC(CP(=O)(O)O)C(=O)O.O=C(O)CCCC(CP(=O)(O)O)C(=O)O.O=C(O)CCP(=O)(O)O.O=P(O)(O)O. The Morgan fingerprint density at radius 1 is 0.223 bits per heavy atom. The summed E-state index contributed by atoms with van der Waals surface area (Å²) in [5.41, 5.74) is 0.899. The van der Waals surface area contributed by atoms with Crippen molar-refractivity contribution >= 4 is 181 Å². The summed E-state index contributed by atoms with van der Waals surface area (Å²) < 4.78 is 97.8. The van der Waals surface area contributed by atoms with E-state index in [0.29, 0.717) is 12.8 Å². The minimum Gasteiger partial charge on any atom is -0.481 e. The molecule has 0 aromatic heterocycles. The third kappa shape index (κ3) is 104. The van der Waals surface area contributed by atoms with Crippen LogP contribution in [0.5, 0.6) is 0 Å². The van der Waals surface area contributed by atoms with E-state index in [1.165, 1.54) is 0 Å². The van der Waals surface area contributed by atoms with Crippen molar-refractivity contribution in [2.75, 3.05) is 73.9 Å². The van der Waals surface area contributed by atoms with Crippen molar-refractivity contribution in [3.63, 3.8) is 0 Å². The van der Waals surface area contributed by atoms with Crippen LogP contribution in [0.2, 0.25) is 0 Å². The number of aliphatic carboxylic acids is 19. The second-order valence-corrected chi connectivity index (χ2v) is 47.2. The van der Waals surface area contributed by atoms with E-state index in [2.05, 4.69) is 0 Å². The minimum atomic E-state index is -4.64. The first-order chi connectivity index (χ1) is 62.5. The average Bonchev–Trinajstić information content (AvgIpc) is 0.855. The number of rotatable bonds is 62. The molecule has 0 saturated heterocycles. The van der Waals surface area contributed by atoms with Gasteiger partial charge in [-0.25, -0.2) is 4.57 Å². The maximum atomic E-state index is 12.4. The Balaban J connectivity index is -0.000000237. The summed E-state index contributed by atoms with van der Waals surface area (Å²) in [7, 11) is -37.5. The molecule has 1 aromatic carbocycles. The predicted octanol–water partition coefficient (Wildman–Crippen LogP) is 1.97. The van der Waals surface area contributed by atoms with Crippen LogP contribution in [-0.2, 0) is 139 Å². The van der Waals surface area contributed by atoms with E-state index in [-0.39, 0.29) is 83.0 Å². The van der Waals surface area contributed by atoms with Crippen LogP contribution in [0.1, 0.15) is 141 Å². The zero-order valence-electron chi connectivity index (χ0n) is 73.1. The van der Waals surface area contributed by atoms with E-state index < -0.39 is 347 Å². The van der Waals surface area contributed by atoms with Gasteiger partial charge in [-0.3, -0.25) is 128 Å². The summed E-state index contributed by atoms with van der Waals surface area (Å²) in [4.78, 5) is 327. The van der Waals surface area contributed by atoms with Gasteiger partial charge in [0.05, 0.1) is 97.2 Å². The lowest BCUT2D eigenvalue weighted by atomic mass is 10.0. The average molecular weight is 2210 g/mol. The van der Waals surface area contributed by atoms with Gasteiger partial charge < -0.3 is 170 Å². The highest BCUT2D eigenvalue weighted by Gasteiger charge is 2.38. The van der Waals surface area contributed by atoms with Crippen LogP contribution in [0.3, 0.4) is 0 Å². The van der Waals surface area contributed by atoms with Crippen LogP contribution >= 0.6 is 67.7 Å². The maximum absolute atomic E-state index is 12.4. The molecule has 0 aliphatic carbocycles. The van der Waals surface area contributed by atoms with Gasteiger partial charge in [0.2, 0.25) is 29.5 Å². The smallest absolute Gasteiger partial charge is 0.466 e. The van der Waals surface area contributed by atoms with Crippen LogP contribution in [0.25, 0.3) is 0 Å². The van der Waals surface area contributed by atoms with Crippen molar-refractivity contribution in [2.24, 2.45) is 53.3 Å². The largest absolute Gasteiger partial charge is 0.481 e. The maximum Gasteiger partial charge on any atom is 0.466 e. The molecule has 139 heavy (non-hydrogen) atoms. The zero-order valence-corrected chi connectivity index (χ0v) is 81.1. The molecule has 71 heteroatoms. The van der Waals surface area contributed by atoms with Crippen molar-refractivity contribution in [3.8, 4) is 0 Å². The van der Waals surface area contributed by atoms with E-state index in [1.54, 1.807) is 6.92 Å². The van der Waals surface area contributed by atoms with Gasteiger partial charge in [0.1, 0.15) is 0 Å². The van der Waals surface area contributed by atoms with Crippen molar-refractivity contribution in [3.05, 3.63) is 35.9 Å².